The third-order valence-electron chi connectivity index (χ3n) is 5.33. The van der Waals surface area contributed by atoms with Crippen LogP contribution in [-0.2, 0) is 14.6 Å². The zero-order chi connectivity index (χ0) is 15.8. The lowest BCUT2D eigenvalue weighted by Gasteiger charge is -2.38. The monoisotopic (exact) mass is 315 g/mol. The number of sulfone groups is 1. The highest BCUT2D eigenvalue weighted by atomic mass is 32.2. The molecule has 122 valence electrons. The largest absolute Gasteiger partial charge is 0.302 e. The number of rotatable bonds is 3. The zero-order valence-corrected chi connectivity index (χ0v) is 14.6. The van der Waals surface area contributed by atoms with E-state index >= 15 is 0 Å². The van der Waals surface area contributed by atoms with Gasteiger partial charge in [-0.3, -0.25) is 4.79 Å². The van der Waals surface area contributed by atoms with Crippen molar-refractivity contribution in [1.82, 2.24) is 4.90 Å². The fourth-order valence-electron chi connectivity index (χ4n) is 3.70. The first-order valence-electron chi connectivity index (χ1n) is 8.02. The number of hydrogen-bond acceptors (Lipinski definition) is 4. The summed E-state index contributed by atoms with van der Waals surface area (Å²) in [5, 5.41) is 0. The number of ketones is 1. The van der Waals surface area contributed by atoms with Crippen LogP contribution in [0, 0.1) is 17.3 Å². The molecule has 2 aliphatic rings. The second-order valence-electron chi connectivity index (χ2n) is 8.00. The van der Waals surface area contributed by atoms with E-state index in [1.807, 2.05) is 7.05 Å². The van der Waals surface area contributed by atoms with E-state index in [9.17, 15) is 13.2 Å². The molecule has 0 bridgehead atoms. The molecule has 1 saturated carbocycles. The normalized spacial score (nSPS) is 33.6. The minimum absolute atomic E-state index is 0.0799. The van der Waals surface area contributed by atoms with Gasteiger partial charge in [0.15, 0.2) is 9.84 Å². The molecule has 2 rings (SSSR count). The van der Waals surface area contributed by atoms with E-state index in [1.54, 1.807) is 0 Å². The molecule has 4 nitrogen and oxygen atoms in total. The molecule has 1 aliphatic carbocycles. The highest BCUT2D eigenvalue weighted by molar-refractivity contribution is 7.91. The molecule has 1 heterocycles. The summed E-state index contributed by atoms with van der Waals surface area (Å²) in [5.74, 6) is 1.58. The maximum atomic E-state index is 12.2. The third kappa shape index (κ3) is 4.28. The molecule has 1 aliphatic heterocycles. The SMILES string of the molecule is CN(CC1CC(C(C)(C)C)CCC1=O)C1CCS(=O)(=O)C1. The van der Waals surface area contributed by atoms with Crippen LogP contribution in [0.5, 0.6) is 0 Å². The van der Waals surface area contributed by atoms with Crippen molar-refractivity contribution >= 4 is 15.6 Å². The minimum Gasteiger partial charge on any atom is -0.302 e. The second-order valence-corrected chi connectivity index (χ2v) is 10.2. The average molecular weight is 315 g/mol. The standard InChI is InChI=1S/C16H29NO3S/c1-16(2,3)13-5-6-15(18)12(9-13)10-17(4)14-7-8-21(19,20)11-14/h12-14H,5-11H2,1-4H3. The fraction of sp³-hybridized carbons (Fsp3) is 0.938. The van der Waals surface area contributed by atoms with Crippen molar-refractivity contribution in [3.8, 4) is 0 Å². The van der Waals surface area contributed by atoms with Crippen LogP contribution >= 0.6 is 0 Å². The Bertz CT molecular complexity index is 492. The maximum Gasteiger partial charge on any atom is 0.151 e. The summed E-state index contributed by atoms with van der Waals surface area (Å²) < 4.78 is 23.2. The van der Waals surface area contributed by atoms with Crippen LogP contribution in [0.4, 0.5) is 0 Å². The molecule has 0 aromatic carbocycles. The number of carbonyl (C=O) groups is 1. The molecule has 0 spiro atoms. The molecule has 2 fully saturated rings. The van der Waals surface area contributed by atoms with E-state index in [2.05, 4.69) is 25.7 Å². The molecule has 0 aromatic rings. The van der Waals surface area contributed by atoms with Crippen LogP contribution < -0.4 is 0 Å². The topological polar surface area (TPSA) is 54.5 Å². The Labute approximate surface area is 129 Å². The van der Waals surface area contributed by atoms with Crippen molar-refractivity contribution in [3.63, 3.8) is 0 Å². The van der Waals surface area contributed by atoms with Gasteiger partial charge in [-0.2, -0.15) is 0 Å². The number of carbonyl (C=O) groups excluding carboxylic acids is 1. The summed E-state index contributed by atoms with van der Waals surface area (Å²) in [6.45, 7) is 7.46. The van der Waals surface area contributed by atoms with Gasteiger partial charge >= 0.3 is 0 Å². The van der Waals surface area contributed by atoms with Crippen molar-refractivity contribution in [2.24, 2.45) is 17.3 Å². The van der Waals surface area contributed by atoms with Crippen LogP contribution in [-0.4, -0.2) is 50.2 Å². The van der Waals surface area contributed by atoms with Gasteiger partial charge in [-0.05, 0) is 37.6 Å². The first-order chi connectivity index (χ1) is 9.58. The van der Waals surface area contributed by atoms with E-state index < -0.39 is 9.84 Å². The molecule has 21 heavy (non-hydrogen) atoms. The molecule has 3 unspecified atom stereocenters. The van der Waals surface area contributed by atoms with Gasteiger partial charge in [0.05, 0.1) is 11.5 Å². The highest BCUT2D eigenvalue weighted by Crippen LogP contribution is 2.39. The Morgan fingerprint density at radius 1 is 1.24 bits per heavy atom. The first kappa shape index (κ1) is 16.9. The molecular weight excluding hydrogens is 286 g/mol. The number of hydrogen-bond donors (Lipinski definition) is 0. The van der Waals surface area contributed by atoms with Gasteiger partial charge in [-0.1, -0.05) is 20.8 Å². The van der Waals surface area contributed by atoms with E-state index in [0.29, 0.717) is 36.8 Å². The summed E-state index contributed by atoms with van der Waals surface area (Å²) in [5.41, 5.74) is 0.244. The van der Waals surface area contributed by atoms with Gasteiger partial charge in [0.25, 0.3) is 0 Å². The summed E-state index contributed by atoms with van der Waals surface area (Å²) >= 11 is 0. The Morgan fingerprint density at radius 3 is 2.43 bits per heavy atom. The van der Waals surface area contributed by atoms with E-state index in [0.717, 1.165) is 12.8 Å². The smallest absolute Gasteiger partial charge is 0.151 e. The van der Waals surface area contributed by atoms with Crippen LogP contribution in [0.25, 0.3) is 0 Å². The van der Waals surface area contributed by atoms with Crippen molar-refractivity contribution < 1.29 is 13.2 Å². The summed E-state index contributed by atoms with van der Waals surface area (Å²) in [6, 6.07) is 0.0952. The summed E-state index contributed by atoms with van der Waals surface area (Å²) in [4.78, 5) is 14.3. The van der Waals surface area contributed by atoms with Crippen molar-refractivity contribution in [3.05, 3.63) is 0 Å². The van der Waals surface area contributed by atoms with E-state index in [4.69, 9.17) is 0 Å². The van der Waals surface area contributed by atoms with Gasteiger partial charge in [0.1, 0.15) is 5.78 Å². The average Bonchev–Trinajstić information content (AvgIpc) is 2.71. The molecule has 0 aromatic heterocycles. The second kappa shape index (κ2) is 5.99. The Kier molecular flexibility index (Phi) is 4.84. The Hall–Kier alpha value is -0.420. The van der Waals surface area contributed by atoms with Crippen LogP contribution in [0.3, 0.4) is 0 Å². The number of Topliss-reactive ketones (excluding diaryl/α,β-unsaturated/α-hetero) is 1. The van der Waals surface area contributed by atoms with Gasteiger partial charge in [-0.25, -0.2) is 8.42 Å². The van der Waals surface area contributed by atoms with Crippen LogP contribution in [0.2, 0.25) is 0 Å². The van der Waals surface area contributed by atoms with Crippen LogP contribution in [0.1, 0.15) is 46.5 Å². The summed E-state index contributed by atoms with van der Waals surface area (Å²) in [7, 11) is -0.884. The lowest BCUT2D eigenvalue weighted by molar-refractivity contribution is -0.127. The fourth-order valence-corrected chi connectivity index (χ4v) is 5.50. The molecule has 0 N–H and O–H groups in total. The van der Waals surface area contributed by atoms with E-state index in [-0.39, 0.29) is 23.1 Å². The van der Waals surface area contributed by atoms with Crippen LogP contribution in [0.15, 0.2) is 0 Å². The van der Waals surface area contributed by atoms with Crippen molar-refractivity contribution in [2.45, 2.75) is 52.5 Å². The first-order valence-corrected chi connectivity index (χ1v) is 9.84. The van der Waals surface area contributed by atoms with Crippen molar-refractivity contribution in [2.75, 3.05) is 25.1 Å². The Morgan fingerprint density at radius 2 is 1.90 bits per heavy atom. The maximum absolute atomic E-state index is 12.2. The van der Waals surface area contributed by atoms with E-state index in [1.165, 1.54) is 0 Å². The summed E-state index contributed by atoms with van der Waals surface area (Å²) in [6.07, 6.45) is 3.35. The zero-order valence-electron chi connectivity index (χ0n) is 13.8. The molecule has 1 saturated heterocycles. The molecule has 5 heteroatoms. The molecule has 3 atom stereocenters. The lowest BCUT2D eigenvalue weighted by atomic mass is 9.68. The molecular formula is C16H29NO3S. The molecule has 0 amide bonds. The van der Waals surface area contributed by atoms with Gasteiger partial charge in [0.2, 0.25) is 0 Å². The van der Waals surface area contributed by atoms with Gasteiger partial charge in [0, 0.05) is 24.9 Å². The highest BCUT2D eigenvalue weighted by Gasteiger charge is 2.37. The number of nitrogens with zero attached hydrogens (tertiary/aromatic N) is 1. The third-order valence-corrected chi connectivity index (χ3v) is 7.08. The lowest BCUT2D eigenvalue weighted by Crippen LogP contribution is -2.42. The molecule has 0 radical (unpaired) electrons. The van der Waals surface area contributed by atoms with Crippen molar-refractivity contribution in [1.29, 1.82) is 0 Å². The minimum atomic E-state index is -2.86. The predicted molar refractivity (Wildman–Crippen MR) is 85.0 cm³/mol. The van der Waals surface area contributed by atoms with Gasteiger partial charge in [-0.15, -0.1) is 0 Å². The van der Waals surface area contributed by atoms with Gasteiger partial charge < -0.3 is 4.90 Å². The Balaban J connectivity index is 1.96. The predicted octanol–water partition coefficient (Wildman–Crippen LogP) is 2.14. The quantitative estimate of drug-likeness (QED) is 0.800.